The lowest BCUT2D eigenvalue weighted by Gasteiger charge is -2.09. The van der Waals surface area contributed by atoms with Gasteiger partial charge in [-0.05, 0) is 23.6 Å². The van der Waals surface area contributed by atoms with E-state index in [0.717, 1.165) is 6.07 Å². The van der Waals surface area contributed by atoms with E-state index in [4.69, 9.17) is 4.74 Å². The lowest BCUT2D eigenvalue weighted by Crippen LogP contribution is -2.28. The van der Waals surface area contributed by atoms with E-state index >= 15 is 0 Å². The standard InChI is InChI=1S/C11H8F3NO4S/c1-18-9-3-2-7-6-15-10(5-8(7)4-9)19-20(16,17)11(12,13)14/h2-6H,1H3. The third kappa shape index (κ3) is 2.77. The van der Waals surface area contributed by atoms with Crippen LogP contribution in [0.5, 0.6) is 11.6 Å². The van der Waals surface area contributed by atoms with Crippen LogP contribution < -0.4 is 8.92 Å². The first-order valence-corrected chi connectivity index (χ1v) is 6.58. The predicted molar refractivity (Wildman–Crippen MR) is 63.9 cm³/mol. The largest absolute Gasteiger partial charge is 0.534 e. The van der Waals surface area contributed by atoms with Crippen LogP contribution >= 0.6 is 0 Å². The molecule has 108 valence electrons. The average Bonchev–Trinajstić information content (AvgIpc) is 2.36. The second-order valence-electron chi connectivity index (χ2n) is 3.72. The van der Waals surface area contributed by atoms with Crippen molar-refractivity contribution in [1.82, 2.24) is 4.98 Å². The molecule has 0 saturated carbocycles. The molecule has 2 rings (SSSR count). The second-order valence-corrected chi connectivity index (χ2v) is 5.26. The van der Waals surface area contributed by atoms with Crippen LogP contribution in [0.15, 0.2) is 30.5 Å². The van der Waals surface area contributed by atoms with Gasteiger partial charge in [0.05, 0.1) is 7.11 Å². The van der Waals surface area contributed by atoms with Crippen LogP contribution in [-0.2, 0) is 10.1 Å². The van der Waals surface area contributed by atoms with Crippen LogP contribution in [0, 0.1) is 0 Å². The molecule has 0 N–H and O–H groups in total. The molecule has 0 saturated heterocycles. The van der Waals surface area contributed by atoms with Crippen molar-refractivity contribution < 1.29 is 30.5 Å². The number of benzene rings is 1. The minimum Gasteiger partial charge on any atom is -0.497 e. The number of rotatable bonds is 3. The van der Waals surface area contributed by atoms with Crippen molar-refractivity contribution in [3.63, 3.8) is 0 Å². The molecule has 1 aromatic heterocycles. The van der Waals surface area contributed by atoms with Gasteiger partial charge in [0, 0.05) is 17.6 Å². The number of alkyl halides is 3. The zero-order valence-corrected chi connectivity index (χ0v) is 10.8. The number of hydrogen-bond donors (Lipinski definition) is 0. The Kier molecular flexibility index (Phi) is 3.46. The van der Waals surface area contributed by atoms with Crippen LogP contribution in [0.1, 0.15) is 0 Å². The lowest BCUT2D eigenvalue weighted by molar-refractivity contribution is -0.0501. The molecule has 0 fully saturated rings. The van der Waals surface area contributed by atoms with Gasteiger partial charge in [0.15, 0.2) is 0 Å². The van der Waals surface area contributed by atoms with Gasteiger partial charge in [-0.2, -0.15) is 21.6 Å². The molecule has 0 spiro atoms. The van der Waals surface area contributed by atoms with E-state index in [2.05, 4.69) is 9.17 Å². The maximum Gasteiger partial charge on any atom is 0.534 e. The summed E-state index contributed by atoms with van der Waals surface area (Å²) in [6.45, 7) is 0. The lowest BCUT2D eigenvalue weighted by atomic mass is 10.2. The Morgan fingerprint density at radius 3 is 2.45 bits per heavy atom. The van der Waals surface area contributed by atoms with Crippen molar-refractivity contribution in [3.8, 4) is 11.6 Å². The van der Waals surface area contributed by atoms with Crippen LogP contribution in [0.4, 0.5) is 13.2 Å². The Bertz CT molecular complexity index is 743. The molecule has 0 atom stereocenters. The number of ether oxygens (including phenoxy) is 1. The highest BCUT2D eigenvalue weighted by Gasteiger charge is 2.48. The molecule has 0 radical (unpaired) electrons. The maximum atomic E-state index is 12.2. The van der Waals surface area contributed by atoms with Crippen LogP contribution in [0.25, 0.3) is 10.8 Å². The maximum absolute atomic E-state index is 12.2. The first kappa shape index (κ1) is 14.4. The van der Waals surface area contributed by atoms with Gasteiger partial charge in [-0.25, -0.2) is 4.98 Å². The molecule has 0 amide bonds. The summed E-state index contributed by atoms with van der Waals surface area (Å²) < 4.78 is 67.2. The highest BCUT2D eigenvalue weighted by atomic mass is 32.2. The zero-order chi connectivity index (χ0) is 15.0. The van der Waals surface area contributed by atoms with Gasteiger partial charge in [0.1, 0.15) is 5.75 Å². The van der Waals surface area contributed by atoms with E-state index in [1.807, 2.05) is 0 Å². The number of fused-ring (bicyclic) bond motifs is 1. The van der Waals surface area contributed by atoms with Crippen molar-refractivity contribution in [2.24, 2.45) is 0 Å². The highest BCUT2D eigenvalue weighted by Crippen LogP contribution is 2.28. The van der Waals surface area contributed by atoms with Gasteiger partial charge in [-0.1, -0.05) is 0 Å². The van der Waals surface area contributed by atoms with E-state index in [0.29, 0.717) is 16.5 Å². The highest BCUT2D eigenvalue weighted by molar-refractivity contribution is 7.87. The number of pyridine rings is 1. The van der Waals surface area contributed by atoms with E-state index in [1.165, 1.54) is 19.4 Å². The summed E-state index contributed by atoms with van der Waals surface area (Å²) in [6.07, 6.45) is 1.20. The molecule has 0 unspecified atom stereocenters. The molecule has 1 heterocycles. The van der Waals surface area contributed by atoms with Crippen LogP contribution in [-0.4, -0.2) is 26.0 Å². The van der Waals surface area contributed by atoms with Crippen LogP contribution in [0.2, 0.25) is 0 Å². The van der Waals surface area contributed by atoms with Crippen molar-refractivity contribution >= 4 is 20.9 Å². The predicted octanol–water partition coefficient (Wildman–Crippen LogP) is 2.47. The summed E-state index contributed by atoms with van der Waals surface area (Å²) in [5, 5.41) is 1.04. The molecule has 5 nitrogen and oxygen atoms in total. The Morgan fingerprint density at radius 2 is 1.85 bits per heavy atom. The fourth-order valence-electron chi connectivity index (χ4n) is 1.43. The van der Waals surface area contributed by atoms with Crippen molar-refractivity contribution in [2.45, 2.75) is 5.51 Å². The molecular weight excluding hydrogens is 299 g/mol. The van der Waals surface area contributed by atoms with E-state index in [9.17, 15) is 21.6 Å². The summed E-state index contributed by atoms with van der Waals surface area (Å²) in [6, 6.07) is 5.87. The van der Waals surface area contributed by atoms with Gasteiger partial charge in [-0.15, -0.1) is 0 Å². The normalized spacial score (nSPS) is 12.4. The molecule has 20 heavy (non-hydrogen) atoms. The molecule has 1 aromatic carbocycles. The average molecular weight is 307 g/mol. The Balaban J connectivity index is 2.42. The summed E-state index contributed by atoms with van der Waals surface area (Å²) in [5.41, 5.74) is -5.50. The van der Waals surface area contributed by atoms with Crippen molar-refractivity contribution in [2.75, 3.05) is 7.11 Å². The minimum atomic E-state index is -5.73. The third-order valence-electron chi connectivity index (χ3n) is 2.38. The van der Waals surface area contributed by atoms with E-state index in [-0.39, 0.29) is 0 Å². The second kappa shape index (κ2) is 4.82. The first-order valence-electron chi connectivity index (χ1n) is 5.17. The summed E-state index contributed by atoms with van der Waals surface area (Å²) >= 11 is 0. The monoisotopic (exact) mass is 307 g/mol. The van der Waals surface area contributed by atoms with E-state index in [1.54, 1.807) is 12.1 Å². The van der Waals surface area contributed by atoms with Gasteiger partial charge in [0.25, 0.3) is 0 Å². The van der Waals surface area contributed by atoms with Gasteiger partial charge in [0.2, 0.25) is 5.88 Å². The number of nitrogens with zero attached hydrogens (tertiary/aromatic N) is 1. The molecule has 0 bridgehead atoms. The molecule has 0 aliphatic rings. The van der Waals surface area contributed by atoms with Gasteiger partial charge < -0.3 is 8.92 Å². The van der Waals surface area contributed by atoms with Crippen LogP contribution in [0.3, 0.4) is 0 Å². The molecule has 2 aromatic rings. The van der Waals surface area contributed by atoms with E-state index < -0.39 is 21.5 Å². The summed E-state index contributed by atoms with van der Waals surface area (Å²) in [5.74, 6) is -0.198. The number of halogens is 3. The first-order chi connectivity index (χ1) is 9.23. The Hall–Kier alpha value is -2.03. The minimum absolute atomic E-state index is 0.437. The fourth-order valence-corrected chi connectivity index (χ4v) is 1.84. The summed E-state index contributed by atoms with van der Waals surface area (Å²) in [4.78, 5) is 3.52. The molecule has 9 heteroatoms. The SMILES string of the molecule is COc1ccc2cnc(OS(=O)(=O)C(F)(F)F)cc2c1. The zero-order valence-electron chi connectivity index (χ0n) is 10.0. The third-order valence-corrected chi connectivity index (χ3v) is 3.34. The van der Waals surface area contributed by atoms with Gasteiger partial charge in [-0.3, -0.25) is 0 Å². The smallest absolute Gasteiger partial charge is 0.497 e. The Morgan fingerprint density at radius 1 is 1.15 bits per heavy atom. The number of hydrogen-bond acceptors (Lipinski definition) is 5. The molecule has 0 aliphatic carbocycles. The fraction of sp³-hybridized carbons (Fsp3) is 0.182. The molecular formula is C11H8F3NO4S. The summed E-state index contributed by atoms with van der Waals surface area (Å²) in [7, 11) is -4.30. The topological polar surface area (TPSA) is 65.5 Å². The Labute approximate surface area is 112 Å². The molecule has 0 aliphatic heterocycles. The van der Waals surface area contributed by atoms with Gasteiger partial charge >= 0.3 is 15.6 Å². The van der Waals surface area contributed by atoms with Crippen molar-refractivity contribution in [1.29, 1.82) is 0 Å². The quantitative estimate of drug-likeness (QED) is 0.644. The van der Waals surface area contributed by atoms with Crippen molar-refractivity contribution in [3.05, 3.63) is 30.5 Å². The number of aromatic nitrogens is 1. The number of methoxy groups -OCH3 is 1.